The lowest BCUT2D eigenvalue weighted by molar-refractivity contribution is -0.136. The van der Waals surface area contributed by atoms with Gasteiger partial charge in [0.2, 0.25) is 5.91 Å². The van der Waals surface area contributed by atoms with Crippen LogP contribution in [0.3, 0.4) is 0 Å². The molecule has 2 heterocycles. The largest absolute Gasteiger partial charge is 0.373 e. The first-order valence-electron chi connectivity index (χ1n) is 6.61. The van der Waals surface area contributed by atoms with Crippen molar-refractivity contribution in [3.05, 3.63) is 29.6 Å². The average molecular weight is 288 g/mol. The summed E-state index contributed by atoms with van der Waals surface area (Å²) < 4.78 is 5.51. The van der Waals surface area contributed by atoms with Crippen LogP contribution in [0.2, 0.25) is 0 Å². The highest BCUT2D eigenvalue weighted by Crippen LogP contribution is 2.05. The van der Waals surface area contributed by atoms with Crippen LogP contribution in [0.5, 0.6) is 0 Å². The van der Waals surface area contributed by atoms with Gasteiger partial charge in [-0.3, -0.25) is 9.59 Å². The minimum absolute atomic E-state index is 0.00548. The molecule has 1 N–H and O–H groups in total. The molecular formula is C14H16N4O3. The first kappa shape index (κ1) is 14.9. The molecule has 0 radical (unpaired) electrons. The molecule has 0 saturated carbocycles. The van der Waals surface area contributed by atoms with Gasteiger partial charge in [0, 0.05) is 32.8 Å². The summed E-state index contributed by atoms with van der Waals surface area (Å²) in [6, 6.07) is 4.93. The Balaban J connectivity index is 1.85. The van der Waals surface area contributed by atoms with Gasteiger partial charge < -0.3 is 15.0 Å². The smallest absolute Gasteiger partial charge is 0.252 e. The van der Waals surface area contributed by atoms with E-state index in [1.807, 2.05) is 6.07 Å². The van der Waals surface area contributed by atoms with E-state index in [0.29, 0.717) is 31.8 Å². The van der Waals surface area contributed by atoms with Crippen molar-refractivity contribution in [3.63, 3.8) is 0 Å². The third-order valence-electron chi connectivity index (χ3n) is 3.21. The Hall–Kier alpha value is -2.46. The van der Waals surface area contributed by atoms with Crippen LogP contribution < -0.4 is 5.32 Å². The predicted molar refractivity (Wildman–Crippen MR) is 73.3 cm³/mol. The van der Waals surface area contributed by atoms with E-state index in [9.17, 15) is 9.59 Å². The Bertz CT molecular complexity index is 565. The molecule has 2 amide bonds. The average Bonchev–Trinajstić information content (AvgIpc) is 2.53. The number of nitrogens with one attached hydrogen (secondary N) is 1. The maximum Gasteiger partial charge on any atom is 0.252 e. The van der Waals surface area contributed by atoms with E-state index in [1.165, 1.54) is 19.2 Å². The molecule has 1 aliphatic heterocycles. The van der Waals surface area contributed by atoms with Crippen LogP contribution in [0.4, 0.5) is 0 Å². The van der Waals surface area contributed by atoms with E-state index in [4.69, 9.17) is 10.00 Å². The highest BCUT2D eigenvalue weighted by Gasteiger charge is 2.22. The molecule has 2 rings (SSSR count). The SMILES string of the molecule is CC(=O)N1CCO[C@H](CNC(=O)c2ccc(C#N)nc2)C1. The molecule has 1 aromatic heterocycles. The number of rotatable bonds is 3. The molecule has 1 aromatic rings. The number of nitrogens with zero attached hydrogens (tertiary/aromatic N) is 3. The number of carbonyl (C=O) groups excluding carboxylic acids is 2. The maximum absolute atomic E-state index is 11.9. The van der Waals surface area contributed by atoms with Gasteiger partial charge in [-0.25, -0.2) is 4.98 Å². The van der Waals surface area contributed by atoms with Crippen LogP contribution >= 0.6 is 0 Å². The molecule has 1 saturated heterocycles. The van der Waals surface area contributed by atoms with Gasteiger partial charge in [0.25, 0.3) is 5.91 Å². The standard InChI is InChI=1S/C14H16N4O3/c1-10(19)18-4-5-21-13(9-18)8-17-14(20)11-2-3-12(6-15)16-7-11/h2-3,7,13H,4-5,8-9H2,1H3,(H,17,20)/t13-/m1/s1. The van der Waals surface area contributed by atoms with Crippen molar-refractivity contribution in [3.8, 4) is 6.07 Å². The zero-order chi connectivity index (χ0) is 15.2. The number of ether oxygens (including phenoxy) is 1. The van der Waals surface area contributed by atoms with Crippen molar-refractivity contribution < 1.29 is 14.3 Å². The van der Waals surface area contributed by atoms with Gasteiger partial charge >= 0.3 is 0 Å². The zero-order valence-electron chi connectivity index (χ0n) is 11.7. The highest BCUT2D eigenvalue weighted by molar-refractivity contribution is 5.93. The molecule has 1 aliphatic rings. The van der Waals surface area contributed by atoms with Gasteiger partial charge in [-0.15, -0.1) is 0 Å². The van der Waals surface area contributed by atoms with Crippen molar-refractivity contribution in [2.45, 2.75) is 13.0 Å². The van der Waals surface area contributed by atoms with Crippen molar-refractivity contribution in [1.82, 2.24) is 15.2 Å². The summed E-state index contributed by atoms with van der Waals surface area (Å²) in [7, 11) is 0. The minimum Gasteiger partial charge on any atom is -0.373 e. The van der Waals surface area contributed by atoms with Gasteiger partial charge in [0.05, 0.1) is 18.3 Å². The summed E-state index contributed by atoms with van der Waals surface area (Å²) in [4.78, 5) is 28.8. The molecule has 1 atom stereocenters. The van der Waals surface area contributed by atoms with Crippen LogP contribution in [0.25, 0.3) is 0 Å². The van der Waals surface area contributed by atoms with Gasteiger partial charge in [-0.05, 0) is 12.1 Å². The Morgan fingerprint density at radius 1 is 1.57 bits per heavy atom. The number of morpholine rings is 1. The second kappa shape index (κ2) is 6.81. The summed E-state index contributed by atoms with van der Waals surface area (Å²) in [5, 5.41) is 11.4. The van der Waals surface area contributed by atoms with E-state index < -0.39 is 0 Å². The zero-order valence-corrected chi connectivity index (χ0v) is 11.7. The first-order valence-corrected chi connectivity index (χ1v) is 6.61. The molecule has 7 nitrogen and oxygen atoms in total. The van der Waals surface area contributed by atoms with Crippen molar-refractivity contribution in [2.24, 2.45) is 0 Å². The number of aromatic nitrogens is 1. The Morgan fingerprint density at radius 3 is 3.00 bits per heavy atom. The lowest BCUT2D eigenvalue weighted by Crippen LogP contribution is -2.49. The first-order chi connectivity index (χ1) is 10.1. The number of carbonyl (C=O) groups is 2. The lowest BCUT2D eigenvalue weighted by atomic mass is 10.2. The van der Waals surface area contributed by atoms with Gasteiger partial charge in [0.1, 0.15) is 11.8 Å². The Labute approximate surface area is 122 Å². The molecule has 0 bridgehead atoms. The monoisotopic (exact) mass is 288 g/mol. The second-order valence-corrected chi connectivity index (χ2v) is 4.71. The predicted octanol–water partition coefficient (Wildman–Crippen LogP) is -0.0696. The number of hydrogen-bond donors (Lipinski definition) is 1. The summed E-state index contributed by atoms with van der Waals surface area (Å²) in [6.45, 7) is 3.37. The van der Waals surface area contributed by atoms with Crippen molar-refractivity contribution >= 4 is 11.8 Å². The van der Waals surface area contributed by atoms with Crippen LogP contribution in [0.1, 0.15) is 23.0 Å². The van der Waals surface area contributed by atoms with Crippen LogP contribution in [-0.2, 0) is 9.53 Å². The number of pyridine rings is 1. The van der Waals surface area contributed by atoms with Gasteiger partial charge in [-0.2, -0.15) is 5.26 Å². The molecule has 7 heteroatoms. The van der Waals surface area contributed by atoms with Crippen molar-refractivity contribution in [2.75, 3.05) is 26.2 Å². The Kier molecular flexibility index (Phi) is 4.85. The topological polar surface area (TPSA) is 95.3 Å². The highest BCUT2D eigenvalue weighted by atomic mass is 16.5. The third kappa shape index (κ3) is 4.00. The molecule has 21 heavy (non-hydrogen) atoms. The molecule has 110 valence electrons. The number of nitriles is 1. The van der Waals surface area contributed by atoms with Crippen LogP contribution in [0, 0.1) is 11.3 Å². The molecule has 1 fully saturated rings. The van der Waals surface area contributed by atoms with E-state index >= 15 is 0 Å². The lowest BCUT2D eigenvalue weighted by Gasteiger charge is -2.32. The van der Waals surface area contributed by atoms with Gasteiger partial charge in [0.15, 0.2) is 0 Å². The molecule has 0 aromatic carbocycles. The minimum atomic E-state index is -0.282. The van der Waals surface area contributed by atoms with Crippen LogP contribution in [-0.4, -0.2) is 54.0 Å². The van der Waals surface area contributed by atoms with Crippen molar-refractivity contribution in [1.29, 1.82) is 5.26 Å². The fraction of sp³-hybridized carbons (Fsp3) is 0.429. The number of hydrogen-bond acceptors (Lipinski definition) is 5. The summed E-state index contributed by atoms with van der Waals surface area (Å²) in [5.41, 5.74) is 0.646. The molecular weight excluding hydrogens is 272 g/mol. The van der Waals surface area contributed by atoms with E-state index in [-0.39, 0.29) is 23.6 Å². The van der Waals surface area contributed by atoms with E-state index in [2.05, 4.69) is 10.3 Å². The third-order valence-corrected chi connectivity index (χ3v) is 3.21. The van der Waals surface area contributed by atoms with Crippen LogP contribution in [0.15, 0.2) is 18.3 Å². The number of amides is 2. The summed E-state index contributed by atoms with van der Waals surface area (Å²) in [5.74, 6) is -0.276. The second-order valence-electron chi connectivity index (χ2n) is 4.71. The summed E-state index contributed by atoms with van der Waals surface area (Å²) >= 11 is 0. The normalized spacial score (nSPS) is 17.9. The van der Waals surface area contributed by atoms with Gasteiger partial charge in [-0.1, -0.05) is 0 Å². The molecule has 0 unspecified atom stereocenters. The Morgan fingerprint density at radius 2 is 2.38 bits per heavy atom. The molecule has 0 aliphatic carbocycles. The fourth-order valence-corrected chi connectivity index (χ4v) is 2.03. The summed E-state index contributed by atoms with van der Waals surface area (Å²) in [6.07, 6.45) is 1.15. The fourth-order valence-electron chi connectivity index (χ4n) is 2.03. The maximum atomic E-state index is 11.9. The quantitative estimate of drug-likeness (QED) is 0.840. The van der Waals surface area contributed by atoms with E-state index in [0.717, 1.165) is 0 Å². The molecule has 0 spiro atoms. The van der Waals surface area contributed by atoms with E-state index in [1.54, 1.807) is 11.0 Å².